The van der Waals surface area contributed by atoms with Gasteiger partial charge in [-0.25, -0.2) is 12.7 Å². The molecule has 16 heavy (non-hydrogen) atoms. The van der Waals surface area contributed by atoms with Gasteiger partial charge in [0.05, 0.1) is 5.75 Å². The molecule has 5 nitrogen and oxygen atoms in total. The first-order chi connectivity index (χ1) is 7.44. The van der Waals surface area contributed by atoms with Crippen LogP contribution >= 0.6 is 0 Å². The lowest BCUT2D eigenvalue weighted by Crippen LogP contribution is -2.35. The van der Waals surface area contributed by atoms with Crippen molar-refractivity contribution in [2.75, 3.05) is 46.0 Å². The zero-order valence-corrected chi connectivity index (χ0v) is 11.5. The van der Waals surface area contributed by atoms with Crippen LogP contribution < -0.4 is 5.73 Å². The van der Waals surface area contributed by atoms with Crippen molar-refractivity contribution >= 4 is 10.0 Å². The van der Waals surface area contributed by atoms with Crippen LogP contribution in [0.1, 0.15) is 19.8 Å². The fourth-order valence-electron chi connectivity index (χ4n) is 1.45. The van der Waals surface area contributed by atoms with E-state index in [9.17, 15) is 8.42 Å². The van der Waals surface area contributed by atoms with Crippen molar-refractivity contribution in [3.8, 4) is 0 Å². The predicted octanol–water partition coefficient (Wildman–Crippen LogP) is -0.0614. The summed E-state index contributed by atoms with van der Waals surface area (Å²) in [7, 11) is 0.873. The first-order valence-electron chi connectivity index (χ1n) is 5.76. The van der Waals surface area contributed by atoms with Gasteiger partial charge < -0.3 is 10.6 Å². The smallest absolute Gasteiger partial charge is 0.214 e. The van der Waals surface area contributed by atoms with Crippen LogP contribution in [0, 0.1) is 0 Å². The van der Waals surface area contributed by atoms with Gasteiger partial charge in [0, 0.05) is 13.1 Å². The number of sulfonamides is 1. The summed E-state index contributed by atoms with van der Waals surface area (Å²) in [4.78, 5) is 2.06. The summed E-state index contributed by atoms with van der Waals surface area (Å²) < 4.78 is 25.3. The average Bonchev–Trinajstić information content (AvgIpc) is 2.21. The Hall–Kier alpha value is -0.170. The Bertz CT molecular complexity index is 265. The van der Waals surface area contributed by atoms with E-state index >= 15 is 0 Å². The molecule has 0 aromatic carbocycles. The van der Waals surface area contributed by atoms with Crippen LogP contribution in [-0.4, -0.2) is 63.7 Å². The molecule has 6 heteroatoms. The van der Waals surface area contributed by atoms with Crippen molar-refractivity contribution in [3.05, 3.63) is 0 Å². The Morgan fingerprint density at radius 1 is 1.12 bits per heavy atom. The minimum atomic E-state index is -3.10. The minimum Gasteiger partial charge on any atom is -0.330 e. The van der Waals surface area contributed by atoms with Crippen molar-refractivity contribution < 1.29 is 8.42 Å². The lowest BCUT2D eigenvalue weighted by molar-refractivity contribution is 0.356. The average molecular weight is 251 g/mol. The quantitative estimate of drug-likeness (QED) is 0.623. The van der Waals surface area contributed by atoms with Crippen LogP contribution in [0.2, 0.25) is 0 Å². The van der Waals surface area contributed by atoms with Gasteiger partial charge in [0.25, 0.3) is 0 Å². The molecule has 0 unspecified atom stereocenters. The summed E-state index contributed by atoms with van der Waals surface area (Å²) in [5, 5.41) is 0. The summed E-state index contributed by atoms with van der Waals surface area (Å²) in [6.07, 6.45) is 1.40. The van der Waals surface area contributed by atoms with Crippen molar-refractivity contribution in [1.29, 1.82) is 0 Å². The summed E-state index contributed by atoms with van der Waals surface area (Å²) >= 11 is 0. The first kappa shape index (κ1) is 15.8. The van der Waals surface area contributed by atoms with Gasteiger partial charge in [-0.05, 0) is 40.0 Å². The maximum absolute atomic E-state index is 11.9. The SMILES string of the molecule is CCN(CCCN(C)C)S(=O)(=O)CCCN. The third-order valence-corrected chi connectivity index (χ3v) is 4.40. The summed E-state index contributed by atoms with van der Waals surface area (Å²) in [5.74, 6) is 0.166. The van der Waals surface area contributed by atoms with Crippen LogP contribution in [0.3, 0.4) is 0 Å². The minimum absolute atomic E-state index is 0.166. The molecule has 0 atom stereocenters. The number of hydrogen-bond acceptors (Lipinski definition) is 4. The number of rotatable bonds is 9. The molecule has 0 bridgehead atoms. The molecule has 0 aliphatic heterocycles. The lowest BCUT2D eigenvalue weighted by atomic mass is 10.4. The van der Waals surface area contributed by atoms with Crippen LogP contribution in [0.4, 0.5) is 0 Å². The zero-order chi connectivity index (χ0) is 12.6. The summed E-state index contributed by atoms with van der Waals surface area (Å²) in [6, 6.07) is 0. The fraction of sp³-hybridized carbons (Fsp3) is 1.00. The molecular weight excluding hydrogens is 226 g/mol. The van der Waals surface area contributed by atoms with Crippen molar-refractivity contribution in [2.24, 2.45) is 5.73 Å². The van der Waals surface area contributed by atoms with E-state index in [1.54, 1.807) is 4.31 Å². The van der Waals surface area contributed by atoms with Crippen LogP contribution in [0.25, 0.3) is 0 Å². The lowest BCUT2D eigenvalue weighted by Gasteiger charge is -2.21. The normalized spacial score (nSPS) is 12.6. The Kier molecular flexibility index (Phi) is 7.91. The molecule has 0 rings (SSSR count). The van der Waals surface area contributed by atoms with Crippen LogP contribution in [0.5, 0.6) is 0 Å². The maximum Gasteiger partial charge on any atom is 0.214 e. The predicted molar refractivity (Wildman–Crippen MR) is 67.9 cm³/mol. The topological polar surface area (TPSA) is 66.6 Å². The van der Waals surface area contributed by atoms with Gasteiger partial charge in [0.1, 0.15) is 0 Å². The van der Waals surface area contributed by atoms with Gasteiger partial charge in [0.2, 0.25) is 10.0 Å². The van der Waals surface area contributed by atoms with E-state index in [4.69, 9.17) is 5.73 Å². The summed E-state index contributed by atoms with van der Waals surface area (Å²) in [6.45, 7) is 4.34. The van der Waals surface area contributed by atoms with Gasteiger partial charge >= 0.3 is 0 Å². The number of nitrogens with two attached hydrogens (primary N) is 1. The second kappa shape index (κ2) is 8.00. The van der Waals surface area contributed by atoms with E-state index in [0.29, 0.717) is 26.1 Å². The van der Waals surface area contributed by atoms with Crippen LogP contribution in [-0.2, 0) is 10.0 Å². The Morgan fingerprint density at radius 3 is 2.19 bits per heavy atom. The molecule has 0 spiro atoms. The molecule has 0 heterocycles. The van der Waals surface area contributed by atoms with Crippen molar-refractivity contribution in [2.45, 2.75) is 19.8 Å². The molecule has 0 fully saturated rings. The molecule has 2 N–H and O–H groups in total. The van der Waals surface area contributed by atoms with E-state index in [-0.39, 0.29) is 5.75 Å². The van der Waals surface area contributed by atoms with Crippen LogP contribution in [0.15, 0.2) is 0 Å². The van der Waals surface area contributed by atoms with Crippen molar-refractivity contribution in [3.63, 3.8) is 0 Å². The van der Waals surface area contributed by atoms with Gasteiger partial charge in [0.15, 0.2) is 0 Å². The second-order valence-corrected chi connectivity index (χ2v) is 6.20. The molecule has 0 aliphatic rings. The van der Waals surface area contributed by atoms with E-state index in [1.807, 2.05) is 21.0 Å². The van der Waals surface area contributed by atoms with E-state index in [0.717, 1.165) is 13.0 Å². The van der Waals surface area contributed by atoms with Gasteiger partial charge in [-0.3, -0.25) is 0 Å². The van der Waals surface area contributed by atoms with Crippen molar-refractivity contribution in [1.82, 2.24) is 9.21 Å². The molecule has 0 aromatic heterocycles. The second-order valence-electron chi connectivity index (χ2n) is 4.11. The molecular formula is C10H25N3O2S. The molecule has 0 radical (unpaired) electrons. The maximum atomic E-state index is 11.9. The molecule has 0 aromatic rings. The third-order valence-electron chi connectivity index (χ3n) is 2.37. The van der Waals surface area contributed by atoms with Gasteiger partial charge in [-0.2, -0.15) is 0 Å². The zero-order valence-electron chi connectivity index (χ0n) is 10.6. The highest BCUT2D eigenvalue weighted by Gasteiger charge is 2.18. The fourth-order valence-corrected chi connectivity index (χ4v) is 3.04. The monoisotopic (exact) mass is 251 g/mol. The largest absolute Gasteiger partial charge is 0.330 e. The molecule has 0 saturated carbocycles. The molecule has 0 saturated heterocycles. The highest BCUT2D eigenvalue weighted by molar-refractivity contribution is 7.89. The number of hydrogen-bond donors (Lipinski definition) is 1. The van der Waals surface area contributed by atoms with Gasteiger partial charge in [-0.1, -0.05) is 6.92 Å². The first-order valence-corrected chi connectivity index (χ1v) is 7.37. The Morgan fingerprint density at radius 2 is 1.75 bits per heavy atom. The summed E-state index contributed by atoms with van der Waals surface area (Å²) in [5.41, 5.74) is 5.33. The van der Waals surface area contributed by atoms with E-state index < -0.39 is 10.0 Å². The molecule has 0 amide bonds. The highest BCUT2D eigenvalue weighted by Crippen LogP contribution is 2.04. The number of nitrogens with zero attached hydrogens (tertiary/aromatic N) is 2. The Labute approximate surface area is 99.6 Å². The highest BCUT2D eigenvalue weighted by atomic mass is 32.2. The standard InChI is InChI=1S/C10H25N3O2S/c1-4-13(9-6-8-12(2)3)16(14,15)10-5-7-11/h4-11H2,1-3H3. The van der Waals surface area contributed by atoms with E-state index in [2.05, 4.69) is 4.90 Å². The third kappa shape index (κ3) is 6.42. The van der Waals surface area contributed by atoms with Gasteiger partial charge in [-0.15, -0.1) is 0 Å². The molecule has 0 aliphatic carbocycles. The van der Waals surface area contributed by atoms with E-state index in [1.165, 1.54) is 0 Å². The molecule has 98 valence electrons. The Balaban J connectivity index is 4.15.